The lowest BCUT2D eigenvalue weighted by atomic mass is 10.0. The Hall–Kier alpha value is -2.89. The number of unbranched alkanes of at least 4 members (excludes halogenated alkanes) is 32. The van der Waals surface area contributed by atoms with Crippen LogP contribution in [0, 0.1) is 0 Å². The van der Waals surface area contributed by atoms with Crippen molar-refractivity contribution < 1.29 is 28.6 Å². The zero-order chi connectivity index (χ0) is 49.3. The van der Waals surface area contributed by atoms with Crippen molar-refractivity contribution in [2.45, 2.75) is 303 Å². The summed E-state index contributed by atoms with van der Waals surface area (Å²) in [5.41, 5.74) is 0. The predicted molar refractivity (Wildman–Crippen MR) is 293 cm³/mol. The number of allylic oxidation sites excluding steroid dienone is 10. The summed E-state index contributed by atoms with van der Waals surface area (Å²) >= 11 is 0. The second-order valence-corrected chi connectivity index (χ2v) is 19.6. The molecule has 394 valence electrons. The summed E-state index contributed by atoms with van der Waals surface area (Å²) in [6.07, 6.45) is 70.6. The summed E-state index contributed by atoms with van der Waals surface area (Å²) in [5.74, 6) is -0.895. The molecule has 0 aliphatic rings. The van der Waals surface area contributed by atoms with Crippen molar-refractivity contribution in [3.05, 3.63) is 60.8 Å². The number of esters is 3. The molecule has 0 amide bonds. The Morgan fingerprint density at radius 3 is 0.897 bits per heavy atom. The topological polar surface area (TPSA) is 78.9 Å². The largest absolute Gasteiger partial charge is 0.462 e. The number of carbonyl (C=O) groups excluding carboxylic acids is 3. The monoisotopic (exact) mass is 951 g/mol. The molecule has 0 radical (unpaired) electrons. The average Bonchev–Trinajstić information content (AvgIpc) is 3.34. The molecule has 0 saturated heterocycles. The highest BCUT2D eigenvalue weighted by molar-refractivity contribution is 5.71. The van der Waals surface area contributed by atoms with E-state index in [1.54, 1.807) is 0 Å². The molecule has 0 aromatic carbocycles. The van der Waals surface area contributed by atoms with Crippen LogP contribution >= 0.6 is 0 Å². The van der Waals surface area contributed by atoms with E-state index in [1.807, 2.05) is 0 Å². The van der Waals surface area contributed by atoms with Crippen molar-refractivity contribution in [1.29, 1.82) is 0 Å². The first-order chi connectivity index (χ1) is 33.5. The zero-order valence-corrected chi connectivity index (χ0v) is 45.1. The lowest BCUT2D eigenvalue weighted by molar-refractivity contribution is -0.167. The Labute approximate surface area is 421 Å². The van der Waals surface area contributed by atoms with Gasteiger partial charge in [-0.25, -0.2) is 0 Å². The fourth-order valence-corrected chi connectivity index (χ4v) is 8.29. The van der Waals surface area contributed by atoms with Crippen molar-refractivity contribution in [3.8, 4) is 0 Å². The Bertz CT molecular complexity index is 1230. The highest BCUT2D eigenvalue weighted by Crippen LogP contribution is 2.16. The van der Waals surface area contributed by atoms with Gasteiger partial charge in [0.2, 0.25) is 0 Å². The maximum absolute atomic E-state index is 12.9. The van der Waals surface area contributed by atoms with E-state index in [2.05, 4.69) is 81.5 Å². The fraction of sp³-hybridized carbons (Fsp3) is 0.790. The molecule has 0 unspecified atom stereocenters. The quantitative estimate of drug-likeness (QED) is 0.0262. The third-order valence-corrected chi connectivity index (χ3v) is 12.7. The van der Waals surface area contributed by atoms with Crippen LogP contribution in [0.4, 0.5) is 0 Å². The van der Waals surface area contributed by atoms with E-state index in [4.69, 9.17) is 14.2 Å². The molecule has 0 aliphatic carbocycles. The molecule has 0 spiro atoms. The Balaban J connectivity index is 4.39. The van der Waals surface area contributed by atoms with Crippen LogP contribution in [0.3, 0.4) is 0 Å². The van der Waals surface area contributed by atoms with Crippen LogP contribution in [0.5, 0.6) is 0 Å². The molecular formula is C62H110O6. The van der Waals surface area contributed by atoms with Gasteiger partial charge in [-0.1, -0.05) is 255 Å². The van der Waals surface area contributed by atoms with Crippen LogP contribution < -0.4 is 0 Å². The molecule has 0 aliphatic heterocycles. The van der Waals surface area contributed by atoms with E-state index in [0.717, 1.165) is 96.3 Å². The lowest BCUT2D eigenvalue weighted by Gasteiger charge is -2.18. The third-order valence-electron chi connectivity index (χ3n) is 12.7. The minimum Gasteiger partial charge on any atom is -0.462 e. The van der Waals surface area contributed by atoms with Crippen molar-refractivity contribution in [3.63, 3.8) is 0 Å². The number of carbonyl (C=O) groups is 3. The van der Waals surface area contributed by atoms with Crippen LogP contribution in [-0.4, -0.2) is 37.2 Å². The number of rotatable bonds is 53. The molecule has 6 nitrogen and oxygen atoms in total. The van der Waals surface area contributed by atoms with E-state index in [0.29, 0.717) is 19.3 Å². The van der Waals surface area contributed by atoms with Gasteiger partial charge in [0, 0.05) is 19.3 Å². The summed E-state index contributed by atoms with van der Waals surface area (Å²) in [6, 6.07) is 0. The summed E-state index contributed by atoms with van der Waals surface area (Å²) < 4.78 is 16.9. The Morgan fingerprint density at radius 1 is 0.294 bits per heavy atom. The van der Waals surface area contributed by atoms with Gasteiger partial charge >= 0.3 is 17.9 Å². The SMILES string of the molecule is CCCC/C=C\C/C=C\CCCCCCCC(=O)OC[C@H](COC(=O)CCCCCCCC/C=C\C/C=C\C/C=C\CCCCC)OC(=O)CCCCCCCCCCCCCCCCCCC. The molecule has 0 bridgehead atoms. The minimum absolute atomic E-state index is 0.0834. The van der Waals surface area contributed by atoms with Gasteiger partial charge in [0.1, 0.15) is 13.2 Å². The normalized spacial score (nSPS) is 12.5. The number of hydrogen-bond acceptors (Lipinski definition) is 6. The third kappa shape index (κ3) is 54.1. The molecule has 0 aromatic rings. The second-order valence-electron chi connectivity index (χ2n) is 19.6. The van der Waals surface area contributed by atoms with E-state index in [-0.39, 0.29) is 31.1 Å². The standard InChI is InChI=1S/C62H110O6/c1-4-7-10-13-16-19-22-25-28-30-31-33-34-37-40-43-46-49-52-55-61(64)67-58-59(57-66-60(63)54-51-48-45-42-39-36-27-24-21-18-15-12-9-6-3)68-62(65)56-53-50-47-44-41-38-35-32-29-26-23-20-17-14-11-8-5-2/h15-16,18-19,24-25,27-28,31,33,59H,4-14,17,20-23,26,29-30,32,34-58H2,1-3H3/b18-15-,19-16-,27-24-,28-25-,33-31-/t59-/m1/s1. The number of hydrogen-bond donors (Lipinski definition) is 0. The minimum atomic E-state index is -0.784. The first-order valence-corrected chi connectivity index (χ1v) is 29.3. The molecular weight excluding hydrogens is 841 g/mol. The smallest absolute Gasteiger partial charge is 0.306 e. The van der Waals surface area contributed by atoms with Gasteiger partial charge in [-0.3, -0.25) is 14.4 Å². The molecule has 0 rings (SSSR count). The van der Waals surface area contributed by atoms with Crippen LogP contribution in [0.25, 0.3) is 0 Å². The molecule has 0 heterocycles. The van der Waals surface area contributed by atoms with Crippen LogP contribution in [0.1, 0.15) is 297 Å². The molecule has 1 atom stereocenters. The van der Waals surface area contributed by atoms with Gasteiger partial charge in [-0.05, 0) is 83.5 Å². The first-order valence-electron chi connectivity index (χ1n) is 29.3. The van der Waals surface area contributed by atoms with Gasteiger partial charge < -0.3 is 14.2 Å². The van der Waals surface area contributed by atoms with Gasteiger partial charge in [0.05, 0.1) is 0 Å². The molecule has 6 heteroatoms. The average molecular weight is 952 g/mol. The van der Waals surface area contributed by atoms with Gasteiger partial charge in [-0.15, -0.1) is 0 Å². The molecule has 68 heavy (non-hydrogen) atoms. The lowest BCUT2D eigenvalue weighted by Crippen LogP contribution is -2.30. The summed E-state index contributed by atoms with van der Waals surface area (Å²) in [4.78, 5) is 38.2. The second kappa shape index (κ2) is 56.7. The van der Waals surface area contributed by atoms with Crippen molar-refractivity contribution >= 4 is 17.9 Å². The van der Waals surface area contributed by atoms with E-state index in [1.165, 1.54) is 161 Å². The van der Waals surface area contributed by atoms with E-state index in [9.17, 15) is 14.4 Å². The molecule has 0 aromatic heterocycles. The van der Waals surface area contributed by atoms with Crippen LogP contribution in [0.15, 0.2) is 60.8 Å². The van der Waals surface area contributed by atoms with Crippen molar-refractivity contribution in [2.75, 3.05) is 13.2 Å². The zero-order valence-electron chi connectivity index (χ0n) is 45.1. The molecule has 0 saturated carbocycles. The maximum atomic E-state index is 12.9. The van der Waals surface area contributed by atoms with Gasteiger partial charge in [-0.2, -0.15) is 0 Å². The predicted octanol–water partition coefficient (Wildman–Crippen LogP) is 19.6. The summed E-state index contributed by atoms with van der Waals surface area (Å²) in [5, 5.41) is 0. The van der Waals surface area contributed by atoms with E-state index < -0.39 is 6.10 Å². The Morgan fingerprint density at radius 2 is 0.544 bits per heavy atom. The van der Waals surface area contributed by atoms with Crippen molar-refractivity contribution in [1.82, 2.24) is 0 Å². The fourth-order valence-electron chi connectivity index (χ4n) is 8.29. The molecule has 0 fully saturated rings. The van der Waals surface area contributed by atoms with Crippen molar-refractivity contribution in [2.24, 2.45) is 0 Å². The highest BCUT2D eigenvalue weighted by atomic mass is 16.6. The first kappa shape index (κ1) is 65.1. The van der Waals surface area contributed by atoms with Gasteiger partial charge in [0.15, 0.2) is 6.10 Å². The van der Waals surface area contributed by atoms with Crippen LogP contribution in [0.2, 0.25) is 0 Å². The molecule has 0 N–H and O–H groups in total. The van der Waals surface area contributed by atoms with Crippen LogP contribution in [-0.2, 0) is 28.6 Å². The maximum Gasteiger partial charge on any atom is 0.306 e. The number of ether oxygens (including phenoxy) is 3. The summed E-state index contributed by atoms with van der Waals surface area (Å²) in [6.45, 7) is 6.58. The summed E-state index contributed by atoms with van der Waals surface area (Å²) in [7, 11) is 0. The highest BCUT2D eigenvalue weighted by Gasteiger charge is 2.19. The van der Waals surface area contributed by atoms with E-state index >= 15 is 0 Å². The van der Waals surface area contributed by atoms with Gasteiger partial charge in [0.25, 0.3) is 0 Å². The Kier molecular flexibility index (Phi) is 54.3.